The van der Waals surface area contributed by atoms with Gasteiger partial charge >= 0.3 is 0 Å². The van der Waals surface area contributed by atoms with Gasteiger partial charge in [-0.25, -0.2) is 0 Å². The summed E-state index contributed by atoms with van der Waals surface area (Å²) in [5.74, 6) is 1.92. The van der Waals surface area contributed by atoms with Crippen LogP contribution < -0.4 is 5.32 Å². The first-order valence-electron chi connectivity index (χ1n) is 5.12. The van der Waals surface area contributed by atoms with E-state index >= 15 is 0 Å². The molecule has 0 spiro atoms. The zero-order valence-electron chi connectivity index (χ0n) is 8.92. The van der Waals surface area contributed by atoms with Gasteiger partial charge in [-0.3, -0.25) is 0 Å². The number of rotatable bonds is 6. The molecule has 0 amide bonds. The molecule has 3 heteroatoms. The summed E-state index contributed by atoms with van der Waals surface area (Å²) in [6.07, 6.45) is 1.85. The molecule has 1 rings (SSSR count). The predicted molar refractivity (Wildman–Crippen MR) is 56.1 cm³/mol. The normalized spacial score (nSPS) is 13.1. The van der Waals surface area contributed by atoms with Crippen LogP contribution in [0.1, 0.15) is 31.3 Å². The molecule has 0 radical (unpaired) electrons. The topological polar surface area (TPSA) is 45.4 Å². The summed E-state index contributed by atoms with van der Waals surface area (Å²) in [6, 6.07) is 4.38. The van der Waals surface area contributed by atoms with Crippen molar-refractivity contribution in [2.75, 3.05) is 6.61 Å². The molecule has 0 saturated heterocycles. The second-order valence-corrected chi connectivity index (χ2v) is 3.66. The van der Waals surface area contributed by atoms with Gasteiger partial charge in [0.1, 0.15) is 11.5 Å². The largest absolute Gasteiger partial charge is 0.465 e. The molecule has 1 atom stereocenters. The minimum atomic E-state index is 0.270. The Hall–Kier alpha value is -0.800. The van der Waals surface area contributed by atoms with E-state index in [1.54, 1.807) is 0 Å². The first-order chi connectivity index (χ1) is 6.72. The molecule has 2 N–H and O–H groups in total. The zero-order chi connectivity index (χ0) is 10.4. The number of hydrogen-bond donors (Lipinski definition) is 2. The summed E-state index contributed by atoms with van der Waals surface area (Å²) in [4.78, 5) is 0. The van der Waals surface area contributed by atoms with Gasteiger partial charge in [-0.15, -0.1) is 0 Å². The van der Waals surface area contributed by atoms with Crippen LogP contribution in [0.4, 0.5) is 0 Å². The molecule has 0 aliphatic rings. The van der Waals surface area contributed by atoms with Crippen molar-refractivity contribution in [2.24, 2.45) is 0 Å². The van der Waals surface area contributed by atoms with E-state index in [0.717, 1.165) is 30.9 Å². The summed E-state index contributed by atoms with van der Waals surface area (Å²) in [5.41, 5.74) is 0. The highest BCUT2D eigenvalue weighted by Gasteiger charge is 2.02. The molecular weight excluding hydrogens is 178 g/mol. The van der Waals surface area contributed by atoms with Crippen LogP contribution in [0.25, 0.3) is 0 Å². The van der Waals surface area contributed by atoms with E-state index in [-0.39, 0.29) is 6.61 Å². The fourth-order valence-electron chi connectivity index (χ4n) is 1.35. The fraction of sp³-hybridized carbons (Fsp3) is 0.636. The van der Waals surface area contributed by atoms with E-state index in [4.69, 9.17) is 9.52 Å². The van der Waals surface area contributed by atoms with Gasteiger partial charge in [0, 0.05) is 12.6 Å². The first kappa shape index (κ1) is 11.3. The van der Waals surface area contributed by atoms with E-state index in [2.05, 4.69) is 12.2 Å². The number of aryl methyl sites for hydroxylation is 1. The van der Waals surface area contributed by atoms with Crippen molar-refractivity contribution >= 4 is 0 Å². The minimum absolute atomic E-state index is 0.270. The van der Waals surface area contributed by atoms with E-state index < -0.39 is 0 Å². The fourth-order valence-corrected chi connectivity index (χ4v) is 1.35. The van der Waals surface area contributed by atoms with Gasteiger partial charge in [0.15, 0.2) is 0 Å². The van der Waals surface area contributed by atoms with Crippen LogP contribution in [0.5, 0.6) is 0 Å². The first-order valence-corrected chi connectivity index (χ1v) is 5.12. The molecule has 1 aromatic heterocycles. The second-order valence-electron chi connectivity index (χ2n) is 3.66. The van der Waals surface area contributed by atoms with Gasteiger partial charge in [0.2, 0.25) is 0 Å². The van der Waals surface area contributed by atoms with Crippen LogP contribution in [0.15, 0.2) is 16.5 Å². The second kappa shape index (κ2) is 5.83. The van der Waals surface area contributed by atoms with Crippen molar-refractivity contribution in [2.45, 2.75) is 39.3 Å². The van der Waals surface area contributed by atoms with Crippen LogP contribution >= 0.6 is 0 Å². The highest BCUT2D eigenvalue weighted by atomic mass is 16.3. The summed E-state index contributed by atoms with van der Waals surface area (Å²) in [7, 11) is 0. The summed E-state index contributed by atoms with van der Waals surface area (Å²) < 4.78 is 5.43. The average molecular weight is 197 g/mol. The molecule has 0 bridgehead atoms. The molecule has 14 heavy (non-hydrogen) atoms. The van der Waals surface area contributed by atoms with Crippen molar-refractivity contribution in [3.05, 3.63) is 23.7 Å². The Kier molecular flexibility index (Phi) is 4.70. The molecule has 0 saturated carbocycles. The maximum Gasteiger partial charge on any atom is 0.117 e. The molecule has 3 nitrogen and oxygen atoms in total. The molecule has 0 aromatic carbocycles. The SMILES string of the molecule is Cc1ccc(CN[C@@H](C)CCCO)o1. The molecule has 0 fully saturated rings. The molecule has 0 aliphatic carbocycles. The Labute approximate surface area is 85.1 Å². The monoisotopic (exact) mass is 197 g/mol. The van der Waals surface area contributed by atoms with Gasteiger partial charge in [-0.05, 0) is 38.8 Å². The molecule has 1 aromatic rings. The van der Waals surface area contributed by atoms with Crippen LogP contribution in [-0.4, -0.2) is 17.8 Å². The van der Waals surface area contributed by atoms with Crippen molar-refractivity contribution in [1.82, 2.24) is 5.32 Å². The van der Waals surface area contributed by atoms with Crippen molar-refractivity contribution in [3.8, 4) is 0 Å². The quantitative estimate of drug-likeness (QED) is 0.731. The van der Waals surface area contributed by atoms with Crippen LogP contribution in [0, 0.1) is 6.92 Å². The van der Waals surface area contributed by atoms with Gasteiger partial charge in [0.25, 0.3) is 0 Å². The lowest BCUT2D eigenvalue weighted by Crippen LogP contribution is -2.25. The molecule has 1 heterocycles. The lowest BCUT2D eigenvalue weighted by Gasteiger charge is -2.11. The number of aliphatic hydroxyl groups excluding tert-OH is 1. The van der Waals surface area contributed by atoms with E-state index in [1.807, 2.05) is 19.1 Å². The summed E-state index contributed by atoms with van der Waals surface area (Å²) >= 11 is 0. The van der Waals surface area contributed by atoms with Gasteiger partial charge in [-0.2, -0.15) is 0 Å². The number of nitrogens with one attached hydrogen (secondary N) is 1. The zero-order valence-corrected chi connectivity index (χ0v) is 8.92. The molecule has 0 unspecified atom stereocenters. The lowest BCUT2D eigenvalue weighted by atomic mass is 10.2. The highest BCUT2D eigenvalue weighted by molar-refractivity contribution is 5.05. The maximum atomic E-state index is 8.66. The van der Waals surface area contributed by atoms with Gasteiger partial charge in [-0.1, -0.05) is 0 Å². The Balaban J connectivity index is 2.20. The third kappa shape index (κ3) is 3.94. The Bertz CT molecular complexity index is 258. The maximum absolute atomic E-state index is 8.66. The Morgan fingerprint density at radius 1 is 1.50 bits per heavy atom. The molecule has 0 aliphatic heterocycles. The summed E-state index contributed by atoms with van der Waals surface area (Å²) in [5, 5.41) is 12.0. The summed E-state index contributed by atoms with van der Waals surface area (Å²) in [6.45, 7) is 5.09. The van der Waals surface area contributed by atoms with Crippen LogP contribution in [-0.2, 0) is 6.54 Å². The van der Waals surface area contributed by atoms with E-state index in [0.29, 0.717) is 6.04 Å². The number of aliphatic hydroxyl groups is 1. The Morgan fingerprint density at radius 2 is 2.29 bits per heavy atom. The smallest absolute Gasteiger partial charge is 0.117 e. The van der Waals surface area contributed by atoms with E-state index in [1.165, 1.54) is 0 Å². The number of furan rings is 1. The van der Waals surface area contributed by atoms with Crippen LogP contribution in [0.2, 0.25) is 0 Å². The third-order valence-corrected chi connectivity index (χ3v) is 2.22. The van der Waals surface area contributed by atoms with Crippen molar-refractivity contribution in [3.63, 3.8) is 0 Å². The Morgan fingerprint density at radius 3 is 2.86 bits per heavy atom. The van der Waals surface area contributed by atoms with Gasteiger partial charge in [0.05, 0.1) is 6.54 Å². The lowest BCUT2D eigenvalue weighted by molar-refractivity contribution is 0.275. The predicted octanol–water partition coefficient (Wildman–Crippen LogP) is 1.84. The molecular formula is C11H19NO2. The standard InChI is InChI=1S/C11H19NO2/c1-9(4-3-7-13)12-8-11-6-5-10(2)14-11/h5-6,9,12-13H,3-4,7-8H2,1-2H3/t9-/m0/s1. The minimum Gasteiger partial charge on any atom is -0.465 e. The third-order valence-electron chi connectivity index (χ3n) is 2.22. The van der Waals surface area contributed by atoms with Gasteiger partial charge < -0.3 is 14.8 Å². The molecule has 80 valence electrons. The van der Waals surface area contributed by atoms with Crippen molar-refractivity contribution in [1.29, 1.82) is 0 Å². The average Bonchev–Trinajstić information content (AvgIpc) is 2.58. The highest BCUT2D eigenvalue weighted by Crippen LogP contribution is 2.06. The van der Waals surface area contributed by atoms with E-state index in [9.17, 15) is 0 Å². The van der Waals surface area contributed by atoms with Crippen molar-refractivity contribution < 1.29 is 9.52 Å². The number of hydrogen-bond acceptors (Lipinski definition) is 3. The van der Waals surface area contributed by atoms with Crippen LogP contribution in [0.3, 0.4) is 0 Å².